The number of fused-ring (bicyclic) bond motifs is 1. The zero-order chi connectivity index (χ0) is 18.5. The smallest absolute Gasteiger partial charge is 0.325 e. The number of aryl methyl sites for hydroxylation is 2. The topological polar surface area (TPSA) is 67.9 Å². The fraction of sp³-hybridized carbons (Fsp3) is 0.300. The van der Waals surface area contributed by atoms with Gasteiger partial charge >= 0.3 is 6.03 Å². The lowest BCUT2D eigenvalue weighted by atomic mass is 9.91. The molecule has 134 valence electrons. The number of hydrogen-bond acceptors (Lipinski definition) is 4. The third kappa shape index (κ3) is 2.49. The molecule has 2 aromatic carbocycles. The van der Waals surface area contributed by atoms with Crippen molar-refractivity contribution in [2.75, 3.05) is 6.79 Å². The highest BCUT2D eigenvalue weighted by atomic mass is 16.7. The molecule has 0 radical (unpaired) electrons. The Morgan fingerprint density at radius 2 is 1.85 bits per heavy atom. The van der Waals surface area contributed by atoms with E-state index in [0.717, 1.165) is 16.7 Å². The molecule has 26 heavy (non-hydrogen) atoms. The van der Waals surface area contributed by atoms with Gasteiger partial charge in [0.1, 0.15) is 5.54 Å². The molecule has 0 spiro atoms. The van der Waals surface area contributed by atoms with Crippen molar-refractivity contribution >= 4 is 11.9 Å². The molecule has 1 saturated heterocycles. The first-order valence-electron chi connectivity index (χ1n) is 8.49. The fourth-order valence-electron chi connectivity index (χ4n) is 3.38. The molecule has 6 heteroatoms. The molecule has 0 aliphatic carbocycles. The minimum Gasteiger partial charge on any atom is -0.454 e. The molecule has 2 heterocycles. The van der Waals surface area contributed by atoms with Gasteiger partial charge in [-0.15, -0.1) is 0 Å². The van der Waals surface area contributed by atoms with Gasteiger partial charge in [0.15, 0.2) is 11.5 Å². The lowest BCUT2D eigenvalue weighted by molar-refractivity contribution is -0.131. The second kappa shape index (κ2) is 5.76. The van der Waals surface area contributed by atoms with Crippen molar-refractivity contribution in [3.63, 3.8) is 0 Å². The third-order valence-electron chi connectivity index (χ3n) is 5.06. The number of amides is 3. The molecule has 1 fully saturated rings. The summed E-state index contributed by atoms with van der Waals surface area (Å²) >= 11 is 0. The van der Waals surface area contributed by atoms with Crippen LogP contribution in [0.1, 0.15) is 29.2 Å². The first kappa shape index (κ1) is 16.4. The van der Waals surface area contributed by atoms with Gasteiger partial charge in [-0.2, -0.15) is 0 Å². The predicted molar refractivity (Wildman–Crippen MR) is 94.9 cm³/mol. The minimum absolute atomic E-state index is 0.161. The van der Waals surface area contributed by atoms with Crippen molar-refractivity contribution in [3.8, 4) is 11.5 Å². The molecule has 2 aliphatic heterocycles. The number of hydrogen-bond donors (Lipinski definition) is 1. The quantitative estimate of drug-likeness (QED) is 0.863. The van der Waals surface area contributed by atoms with E-state index in [1.54, 1.807) is 25.1 Å². The molecule has 3 amide bonds. The Labute approximate surface area is 151 Å². The molecule has 0 saturated carbocycles. The SMILES string of the molecule is Cc1ccc(C)c(CN2C(=O)N[C@@](C)(c3ccc4c(c3)OCO4)C2=O)c1. The van der Waals surface area contributed by atoms with Crippen LogP contribution in [0.15, 0.2) is 36.4 Å². The highest BCUT2D eigenvalue weighted by Gasteiger charge is 2.49. The van der Waals surface area contributed by atoms with E-state index >= 15 is 0 Å². The van der Waals surface area contributed by atoms with Crippen LogP contribution >= 0.6 is 0 Å². The van der Waals surface area contributed by atoms with E-state index in [-0.39, 0.29) is 19.2 Å². The number of urea groups is 1. The van der Waals surface area contributed by atoms with E-state index < -0.39 is 11.6 Å². The summed E-state index contributed by atoms with van der Waals surface area (Å²) in [4.78, 5) is 26.9. The Kier molecular flexibility index (Phi) is 3.64. The van der Waals surface area contributed by atoms with Crippen LogP contribution in [0, 0.1) is 13.8 Å². The molecule has 4 rings (SSSR count). The van der Waals surface area contributed by atoms with Gasteiger partial charge in [-0.05, 0) is 49.6 Å². The first-order chi connectivity index (χ1) is 12.4. The number of nitrogens with one attached hydrogen (secondary N) is 1. The van der Waals surface area contributed by atoms with Crippen LogP contribution < -0.4 is 14.8 Å². The molecule has 6 nitrogen and oxygen atoms in total. The van der Waals surface area contributed by atoms with Crippen LogP contribution in [0.5, 0.6) is 11.5 Å². The van der Waals surface area contributed by atoms with Crippen molar-refractivity contribution in [1.82, 2.24) is 10.2 Å². The summed E-state index contributed by atoms with van der Waals surface area (Å²) in [7, 11) is 0. The number of rotatable bonds is 3. The molecule has 0 aromatic heterocycles. The Morgan fingerprint density at radius 3 is 2.65 bits per heavy atom. The van der Waals surface area contributed by atoms with E-state index in [1.165, 1.54) is 4.90 Å². The van der Waals surface area contributed by atoms with Crippen molar-refractivity contribution in [3.05, 3.63) is 58.7 Å². The highest BCUT2D eigenvalue weighted by molar-refractivity contribution is 6.07. The predicted octanol–water partition coefficient (Wildman–Crippen LogP) is 3.00. The fourth-order valence-corrected chi connectivity index (χ4v) is 3.38. The number of nitrogens with zero attached hydrogens (tertiary/aromatic N) is 1. The lowest BCUT2D eigenvalue weighted by Crippen LogP contribution is -2.40. The lowest BCUT2D eigenvalue weighted by Gasteiger charge is -2.22. The molecule has 0 bridgehead atoms. The van der Waals surface area contributed by atoms with Crippen LogP contribution in [0.25, 0.3) is 0 Å². The van der Waals surface area contributed by atoms with Crippen molar-refractivity contribution in [1.29, 1.82) is 0 Å². The molecule has 1 N–H and O–H groups in total. The van der Waals surface area contributed by atoms with Crippen LogP contribution in [0.4, 0.5) is 4.79 Å². The monoisotopic (exact) mass is 352 g/mol. The molecule has 2 aromatic rings. The van der Waals surface area contributed by atoms with Gasteiger partial charge < -0.3 is 14.8 Å². The van der Waals surface area contributed by atoms with Crippen LogP contribution in [-0.4, -0.2) is 23.6 Å². The van der Waals surface area contributed by atoms with Crippen molar-refractivity contribution in [2.24, 2.45) is 0 Å². The first-order valence-corrected chi connectivity index (χ1v) is 8.49. The zero-order valence-corrected chi connectivity index (χ0v) is 15.0. The molecule has 0 unspecified atom stereocenters. The molecular formula is C20H20N2O4. The van der Waals surface area contributed by atoms with E-state index in [9.17, 15) is 9.59 Å². The second-order valence-electron chi connectivity index (χ2n) is 6.94. The van der Waals surface area contributed by atoms with E-state index in [2.05, 4.69) is 5.32 Å². The summed E-state index contributed by atoms with van der Waals surface area (Å²) in [6, 6.07) is 10.9. The summed E-state index contributed by atoms with van der Waals surface area (Å²) in [5, 5.41) is 2.83. The summed E-state index contributed by atoms with van der Waals surface area (Å²) in [5.41, 5.74) is 2.64. The van der Waals surface area contributed by atoms with Crippen molar-refractivity contribution < 1.29 is 19.1 Å². The zero-order valence-electron chi connectivity index (χ0n) is 15.0. The average Bonchev–Trinajstić information content (AvgIpc) is 3.16. The summed E-state index contributed by atoms with van der Waals surface area (Å²) in [5.74, 6) is 0.947. The third-order valence-corrected chi connectivity index (χ3v) is 5.06. The van der Waals surface area contributed by atoms with Crippen LogP contribution in [0.3, 0.4) is 0 Å². The van der Waals surface area contributed by atoms with Crippen molar-refractivity contribution in [2.45, 2.75) is 32.9 Å². The summed E-state index contributed by atoms with van der Waals surface area (Å²) in [6.07, 6.45) is 0. The number of carbonyl (C=O) groups is 2. The Balaban J connectivity index is 1.65. The number of imide groups is 1. The Hall–Kier alpha value is -3.02. The van der Waals surface area contributed by atoms with E-state index in [4.69, 9.17) is 9.47 Å². The standard InChI is InChI=1S/C20H20N2O4/c1-12-4-5-13(2)14(8-12)10-22-18(23)20(3,21-19(22)24)15-6-7-16-17(9-15)26-11-25-16/h4-9H,10-11H2,1-3H3,(H,21,24)/t20-/m0/s1. The normalized spacial score (nSPS) is 21.3. The number of ether oxygens (including phenoxy) is 2. The van der Waals surface area contributed by atoms with E-state index in [0.29, 0.717) is 17.1 Å². The Morgan fingerprint density at radius 1 is 1.08 bits per heavy atom. The maximum absolute atomic E-state index is 13.1. The second-order valence-corrected chi connectivity index (χ2v) is 6.94. The Bertz CT molecular complexity index is 924. The van der Waals surface area contributed by atoms with Gasteiger partial charge in [0, 0.05) is 0 Å². The van der Waals surface area contributed by atoms with Gasteiger partial charge in [0.05, 0.1) is 6.54 Å². The van der Waals surface area contributed by atoms with Crippen LogP contribution in [0.2, 0.25) is 0 Å². The average molecular weight is 352 g/mol. The van der Waals surface area contributed by atoms with Gasteiger partial charge in [-0.3, -0.25) is 9.69 Å². The van der Waals surface area contributed by atoms with Gasteiger partial charge in [-0.25, -0.2) is 4.79 Å². The van der Waals surface area contributed by atoms with E-state index in [1.807, 2.05) is 32.0 Å². The van der Waals surface area contributed by atoms with Gasteiger partial charge in [0.25, 0.3) is 5.91 Å². The minimum atomic E-state index is -1.13. The number of benzene rings is 2. The number of carbonyl (C=O) groups excluding carboxylic acids is 2. The summed E-state index contributed by atoms with van der Waals surface area (Å²) < 4.78 is 10.7. The maximum Gasteiger partial charge on any atom is 0.325 e. The maximum atomic E-state index is 13.1. The largest absolute Gasteiger partial charge is 0.454 e. The van der Waals surface area contributed by atoms with Gasteiger partial charge in [0.2, 0.25) is 6.79 Å². The molecule has 1 atom stereocenters. The molecule has 2 aliphatic rings. The van der Waals surface area contributed by atoms with Gasteiger partial charge in [-0.1, -0.05) is 29.8 Å². The molecular weight excluding hydrogens is 332 g/mol. The summed E-state index contributed by atoms with van der Waals surface area (Å²) in [6.45, 7) is 6.09. The highest BCUT2D eigenvalue weighted by Crippen LogP contribution is 2.38. The van der Waals surface area contributed by atoms with Crippen LogP contribution in [-0.2, 0) is 16.9 Å².